The van der Waals surface area contributed by atoms with E-state index in [1.54, 1.807) is 36.4 Å². The van der Waals surface area contributed by atoms with Crippen molar-refractivity contribution in [3.05, 3.63) is 69.7 Å². The minimum atomic E-state index is -0.502. The molecule has 2 aliphatic heterocycles. The molecule has 1 unspecified atom stereocenters. The highest BCUT2D eigenvalue weighted by molar-refractivity contribution is 6.30. The molecule has 7 nitrogen and oxygen atoms in total. The summed E-state index contributed by atoms with van der Waals surface area (Å²) < 4.78 is 0. The van der Waals surface area contributed by atoms with Gasteiger partial charge in [0, 0.05) is 35.7 Å². The minimum absolute atomic E-state index is 0.243. The number of amides is 4. The lowest BCUT2D eigenvalue weighted by Crippen LogP contribution is -2.50. The molecule has 0 saturated carbocycles. The lowest BCUT2D eigenvalue weighted by atomic mass is 10.0. The Kier molecular flexibility index (Phi) is 5.17. The second kappa shape index (κ2) is 7.77. The molecule has 0 aromatic heterocycles. The first-order valence-electron chi connectivity index (χ1n) is 9.21. The summed E-state index contributed by atoms with van der Waals surface area (Å²) in [6, 6.07) is 11.1. The van der Waals surface area contributed by atoms with E-state index in [2.05, 4.69) is 10.6 Å². The lowest BCUT2D eigenvalue weighted by Gasteiger charge is -2.29. The Labute approximate surface area is 172 Å². The molecule has 2 N–H and O–H groups in total. The van der Waals surface area contributed by atoms with Crippen LogP contribution in [0.3, 0.4) is 0 Å². The third kappa shape index (κ3) is 4.06. The highest BCUT2D eigenvalue weighted by Crippen LogP contribution is 2.28. The number of piperidine rings is 1. The van der Waals surface area contributed by atoms with Crippen molar-refractivity contribution in [2.24, 2.45) is 0 Å². The summed E-state index contributed by atoms with van der Waals surface area (Å²) in [4.78, 5) is 50.2. The van der Waals surface area contributed by atoms with Crippen LogP contribution in [-0.4, -0.2) is 34.6 Å². The summed E-state index contributed by atoms with van der Waals surface area (Å²) in [6.07, 6.45) is 0.811. The van der Waals surface area contributed by atoms with Crippen LogP contribution in [0, 0.1) is 0 Å². The Bertz CT molecular complexity index is 1020. The highest BCUT2D eigenvalue weighted by Gasteiger charge is 2.34. The molecule has 4 amide bonds. The van der Waals surface area contributed by atoms with Gasteiger partial charge in [-0.25, -0.2) is 0 Å². The number of carbonyl (C=O) groups excluding carboxylic acids is 4. The summed E-state index contributed by atoms with van der Waals surface area (Å²) >= 11 is 5.81. The van der Waals surface area contributed by atoms with Crippen LogP contribution in [0.2, 0.25) is 5.02 Å². The Morgan fingerprint density at radius 1 is 0.966 bits per heavy atom. The summed E-state index contributed by atoms with van der Waals surface area (Å²) in [5.41, 5.74) is 2.67. The summed E-state index contributed by atoms with van der Waals surface area (Å²) in [5.74, 6) is -1.52. The Hall–Kier alpha value is -3.03. The zero-order valence-electron chi connectivity index (χ0n) is 15.4. The molecule has 148 valence electrons. The third-order valence-electron chi connectivity index (χ3n) is 5.20. The molecule has 0 radical (unpaired) electrons. The Morgan fingerprint density at radius 2 is 1.62 bits per heavy atom. The largest absolute Gasteiger partial charge is 0.295 e. The Morgan fingerprint density at radius 3 is 2.34 bits per heavy atom. The van der Waals surface area contributed by atoms with E-state index in [4.69, 9.17) is 11.6 Å². The molecule has 2 aromatic rings. The topological polar surface area (TPSA) is 95.6 Å². The number of benzene rings is 2. The molecule has 1 fully saturated rings. The Balaban J connectivity index is 1.44. The molecule has 2 aromatic carbocycles. The molecule has 4 rings (SSSR count). The molecule has 1 saturated heterocycles. The molecular weight excluding hydrogens is 394 g/mol. The van der Waals surface area contributed by atoms with E-state index in [0.717, 1.165) is 11.1 Å². The van der Waals surface area contributed by atoms with E-state index in [0.29, 0.717) is 42.1 Å². The second-order valence-electron chi connectivity index (χ2n) is 7.15. The van der Waals surface area contributed by atoms with Gasteiger partial charge in [-0.2, -0.15) is 0 Å². The standard InChI is InChI=1S/C21H18ClN3O4/c22-16-5-3-12(4-6-16)19(27)24-20(28)13-1-2-14-10-25(11-15(14)9-13)17-7-8-18(26)23-21(17)29/h1-6,9,17H,7-8,10-11H2,(H,23,26,29)(H,24,27,28). The number of imide groups is 2. The number of hydrogen-bond donors (Lipinski definition) is 2. The fourth-order valence-corrected chi connectivity index (χ4v) is 3.79. The summed E-state index contributed by atoms with van der Waals surface area (Å²) in [7, 11) is 0. The predicted molar refractivity (Wildman–Crippen MR) is 105 cm³/mol. The number of nitrogens with one attached hydrogen (secondary N) is 2. The van der Waals surface area contributed by atoms with Gasteiger partial charge >= 0.3 is 0 Å². The maximum absolute atomic E-state index is 12.5. The molecule has 2 aliphatic rings. The van der Waals surface area contributed by atoms with E-state index < -0.39 is 11.8 Å². The van der Waals surface area contributed by atoms with Crippen LogP contribution in [0.4, 0.5) is 0 Å². The number of rotatable bonds is 3. The van der Waals surface area contributed by atoms with E-state index in [-0.39, 0.29) is 17.9 Å². The van der Waals surface area contributed by atoms with Crippen molar-refractivity contribution < 1.29 is 19.2 Å². The lowest BCUT2D eigenvalue weighted by molar-refractivity contribution is -0.137. The van der Waals surface area contributed by atoms with Crippen LogP contribution in [0.25, 0.3) is 0 Å². The van der Waals surface area contributed by atoms with Crippen LogP contribution >= 0.6 is 11.6 Å². The average Bonchev–Trinajstić information content (AvgIpc) is 3.11. The summed E-state index contributed by atoms with van der Waals surface area (Å²) in [6.45, 7) is 1.08. The SMILES string of the molecule is O=C1CCC(N2Cc3ccc(C(=O)NC(=O)c4ccc(Cl)cc4)cc3C2)C(=O)N1. The smallest absolute Gasteiger partial charge is 0.258 e. The summed E-state index contributed by atoms with van der Waals surface area (Å²) in [5, 5.41) is 5.25. The van der Waals surface area contributed by atoms with Gasteiger partial charge in [-0.05, 0) is 53.9 Å². The van der Waals surface area contributed by atoms with Gasteiger partial charge in [0.05, 0.1) is 6.04 Å². The van der Waals surface area contributed by atoms with Gasteiger partial charge in [0.2, 0.25) is 11.8 Å². The van der Waals surface area contributed by atoms with Crippen molar-refractivity contribution >= 4 is 35.2 Å². The third-order valence-corrected chi connectivity index (χ3v) is 5.45. The maximum atomic E-state index is 12.5. The number of nitrogens with zero attached hydrogens (tertiary/aromatic N) is 1. The van der Waals surface area contributed by atoms with Crippen LogP contribution < -0.4 is 10.6 Å². The fourth-order valence-electron chi connectivity index (χ4n) is 3.66. The van der Waals surface area contributed by atoms with Gasteiger partial charge in [-0.1, -0.05) is 17.7 Å². The molecule has 2 heterocycles. The quantitative estimate of drug-likeness (QED) is 0.753. The van der Waals surface area contributed by atoms with E-state index in [1.807, 2.05) is 11.0 Å². The first-order chi connectivity index (χ1) is 13.9. The zero-order chi connectivity index (χ0) is 20.5. The molecule has 0 aliphatic carbocycles. The fraction of sp³-hybridized carbons (Fsp3) is 0.238. The van der Waals surface area contributed by atoms with Crippen molar-refractivity contribution in [1.82, 2.24) is 15.5 Å². The van der Waals surface area contributed by atoms with E-state index >= 15 is 0 Å². The van der Waals surface area contributed by atoms with E-state index in [9.17, 15) is 19.2 Å². The van der Waals surface area contributed by atoms with Gasteiger partial charge in [0.15, 0.2) is 0 Å². The number of halogens is 1. The van der Waals surface area contributed by atoms with Crippen LogP contribution in [0.1, 0.15) is 44.7 Å². The van der Waals surface area contributed by atoms with E-state index in [1.165, 1.54) is 0 Å². The van der Waals surface area contributed by atoms with Gasteiger partial charge in [0.25, 0.3) is 11.8 Å². The van der Waals surface area contributed by atoms with Crippen molar-refractivity contribution in [3.63, 3.8) is 0 Å². The van der Waals surface area contributed by atoms with Crippen molar-refractivity contribution in [2.75, 3.05) is 0 Å². The van der Waals surface area contributed by atoms with Crippen molar-refractivity contribution in [2.45, 2.75) is 32.0 Å². The first kappa shape index (κ1) is 19.3. The number of hydrogen-bond acceptors (Lipinski definition) is 5. The van der Waals surface area contributed by atoms with Crippen molar-refractivity contribution in [1.29, 1.82) is 0 Å². The molecule has 0 bridgehead atoms. The number of fused-ring (bicyclic) bond motifs is 1. The molecule has 1 atom stereocenters. The van der Waals surface area contributed by atoms with Crippen LogP contribution in [-0.2, 0) is 22.7 Å². The van der Waals surface area contributed by atoms with Crippen LogP contribution in [0.5, 0.6) is 0 Å². The maximum Gasteiger partial charge on any atom is 0.258 e. The first-order valence-corrected chi connectivity index (χ1v) is 9.59. The molecule has 29 heavy (non-hydrogen) atoms. The molecular formula is C21H18ClN3O4. The van der Waals surface area contributed by atoms with Crippen molar-refractivity contribution in [3.8, 4) is 0 Å². The van der Waals surface area contributed by atoms with Gasteiger partial charge in [-0.15, -0.1) is 0 Å². The predicted octanol–water partition coefficient (Wildman–Crippen LogP) is 2.03. The van der Waals surface area contributed by atoms with Gasteiger partial charge in [-0.3, -0.25) is 34.7 Å². The normalized spacial score (nSPS) is 18.9. The monoisotopic (exact) mass is 411 g/mol. The van der Waals surface area contributed by atoms with Gasteiger partial charge < -0.3 is 0 Å². The molecule has 0 spiro atoms. The average molecular weight is 412 g/mol. The minimum Gasteiger partial charge on any atom is -0.295 e. The number of carbonyl (C=O) groups is 4. The molecule has 8 heteroatoms. The van der Waals surface area contributed by atoms with Crippen LogP contribution in [0.15, 0.2) is 42.5 Å². The highest BCUT2D eigenvalue weighted by atomic mass is 35.5. The zero-order valence-corrected chi connectivity index (χ0v) is 16.2. The second-order valence-corrected chi connectivity index (χ2v) is 7.58. The van der Waals surface area contributed by atoms with Gasteiger partial charge in [0.1, 0.15) is 0 Å².